The molecule has 0 radical (unpaired) electrons. The number of ether oxygens (including phenoxy) is 4. The predicted molar refractivity (Wildman–Crippen MR) is 159 cm³/mol. The molecule has 0 spiro atoms. The van der Waals surface area contributed by atoms with Gasteiger partial charge in [0.25, 0.3) is 0 Å². The smallest absolute Gasteiger partial charge is 0.328 e. The zero-order chi connectivity index (χ0) is 31.1. The van der Waals surface area contributed by atoms with Gasteiger partial charge in [0.1, 0.15) is 12.1 Å². The Morgan fingerprint density at radius 1 is 0.976 bits per heavy atom. The van der Waals surface area contributed by atoms with Gasteiger partial charge in [-0.05, 0) is 67.0 Å². The van der Waals surface area contributed by atoms with Crippen molar-refractivity contribution in [2.24, 2.45) is 5.92 Å². The number of hydrogen-bond acceptors (Lipinski definition) is 9. The molecule has 2 amide bonds. The molecule has 42 heavy (non-hydrogen) atoms. The van der Waals surface area contributed by atoms with Crippen molar-refractivity contribution >= 4 is 23.5 Å². The number of esters is 1. The van der Waals surface area contributed by atoms with Crippen molar-refractivity contribution in [1.82, 2.24) is 10.6 Å². The van der Waals surface area contributed by atoms with Crippen LogP contribution in [0, 0.1) is 5.92 Å². The van der Waals surface area contributed by atoms with Gasteiger partial charge in [0.15, 0.2) is 11.5 Å². The fraction of sp³-hybridized carbons (Fsp3) is 0.484. The Morgan fingerprint density at radius 3 is 2.24 bits per heavy atom. The molecular weight excluding hydrogens is 542 g/mol. The summed E-state index contributed by atoms with van der Waals surface area (Å²) in [5.74, 6) is 0.215. The molecule has 3 atom stereocenters. The van der Waals surface area contributed by atoms with E-state index in [-0.39, 0.29) is 22.9 Å². The highest BCUT2D eigenvalue weighted by Crippen LogP contribution is 2.50. The fourth-order valence-corrected chi connectivity index (χ4v) is 5.27. The quantitative estimate of drug-likeness (QED) is 0.340. The summed E-state index contributed by atoms with van der Waals surface area (Å²) in [6.45, 7) is 6.88. The van der Waals surface area contributed by atoms with Crippen molar-refractivity contribution in [2.75, 3.05) is 33.8 Å². The van der Waals surface area contributed by atoms with Crippen LogP contribution in [-0.4, -0.2) is 58.3 Å². The first kappa shape index (κ1) is 32.2. The molecule has 0 bridgehead atoms. The van der Waals surface area contributed by atoms with Gasteiger partial charge < -0.3 is 34.9 Å². The Morgan fingerprint density at radius 2 is 1.67 bits per heavy atom. The van der Waals surface area contributed by atoms with Crippen LogP contribution >= 0.6 is 0 Å². The van der Waals surface area contributed by atoms with Crippen molar-refractivity contribution < 1.29 is 33.3 Å². The molecule has 0 aromatic heterocycles. The Balaban J connectivity index is 2.20. The van der Waals surface area contributed by atoms with E-state index in [1.165, 1.54) is 41.2 Å². The van der Waals surface area contributed by atoms with Crippen LogP contribution in [0.25, 0.3) is 11.1 Å². The van der Waals surface area contributed by atoms with Gasteiger partial charge in [0.05, 0.1) is 40.2 Å². The Kier molecular flexibility index (Phi) is 10.8. The van der Waals surface area contributed by atoms with Crippen LogP contribution in [0.15, 0.2) is 29.1 Å². The van der Waals surface area contributed by atoms with Gasteiger partial charge in [0.2, 0.25) is 23.0 Å². The number of nitrogens with one attached hydrogen (secondary N) is 3. The largest absolute Gasteiger partial charge is 0.493 e. The lowest BCUT2D eigenvalue weighted by molar-refractivity contribution is -0.144. The maximum Gasteiger partial charge on any atom is 0.328 e. The molecule has 0 fully saturated rings. The van der Waals surface area contributed by atoms with Gasteiger partial charge in [0, 0.05) is 12.5 Å². The van der Waals surface area contributed by atoms with E-state index in [2.05, 4.69) is 16.0 Å². The Bertz CT molecular complexity index is 1390. The van der Waals surface area contributed by atoms with Crippen molar-refractivity contribution in [3.05, 3.63) is 45.6 Å². The van der Waals surface area contributed by atoms with Gasteiger partial charge in [-0.1, -0.05) is 19.9 Å². The van der Waals surface area contributed by atoms with Crippen LogP contribution in [0.3, 0.4) is 0 Å². The third-order valence-electron chi connectivity index (χ3n) is 7.18. The summed E-state index contributed by atoms with van der Waals surface area (Å²) in [7, 11) is 5.85. The van der Waals surface area contributed by atoms with Crippen molar-refractivity contribution in [2.45, 2.75) is 65.1 Å². The molecule has 0 saturated carbocycles. The van der Waals surface area contributed by atoms with Gasteiger partial charge in [-0.3, -0.25) is 14.4 Å². The minimum absolute atomic E-state index is 0.105. The minimum atomic E-state index is -0.858. The van der Waals surface area contributed by atoms with E-state index >= 15 is 0 Å². The van der Waals surface area contributed by atoms with E-state index in [0.29, 0.717) is 47.6 Å². The highest BCUT2D eigenvalue weighted by atomic mass is 16.5. The average Bonchev–Trinajstić information content (AvgIpc) is 3.19. The van der Waals surface area contributed by atoms with Crippen LogP contribution in [-0.2, 0) is 25.5 Å². The molecule has 0 unspecified atom stereocenters. The number of methoxy groups -OCH3 is 4. The number of rotatable bonds is 11. The first-order valence-electron chi connectivity index (χ1n) is 13.9. The summed E-state index contributed by atoms with van der Waals surface area (Å²) in [6, 6.07) is 4.66. The number of carbonyl (C=O) groups excluding carboxylic acids is 3. The number of hydrogen-bond donors (Lipinski definition) is 3. The molecule has 228 valence electrons. The van der Waals surface area contributed by atoms with Crippen molar-refractivity contribution in [3.8, 4) is 28.4 Å². The Hall–Kier alpha value is -4.28. The Labute approximate surface area is 246 Å². The zero-order valence-corrected chi connectivity index (χ0v) is 25.5. The maximum absolute atomic E-state index is 13.7. The lowest BCUT2D eigenvalue weighted by atomic mass is 9.95. The van der Waals surface area contributed by atoms with E-state index in [0.717, 1.165) is 11.1 Å². The van der Waals surface area contributed by atoms with Gasteiger partial charge in [-0.15, -0.1) is 0 Å². The maximum atomic E-state index is 13.7. The molecule has 0 saturated heterocycles. The van der Waals surface area contributed by atoms with Crippen molar-refractivity contribution in [1.29, 1.82) is 0 Å². The molecule has 0 heterocycles. The second-order valence-electron chi connectivity index (χ2n) is 10.7. The SMILES string of the molecule is COC(=O)[C@@H](C)NC(=O)[C@@H](CC(C)C)Nc1ccc2c(cc1=O)[C@H](NC(C)=O)CCc1cc(OC)c(OC)c(OC)c1-2. The van der Waals surface area contributed by atoms with E-state index in [1.54, 1.807) is 19.2 Å². The highest BCUT2D eigenvalue weighted by molar-refractivity contribution is 5.89. The van der Waals surface area contributed by atoms with E-state index in [9.17, 15) is 19.2 Å². The summed E-state index contributed by atoms with van der Waals surface area (Å²) in [6.07, 6.45) is 1.50. The molecule has 0 aliphatic heterocycles. The average molecular weight is 584 g/mol. The molecule has 2 aromatic rings. The molecule has 1 aliphatic carbocycles. The van der Waals surface area contributed by atoms with Crippen LogP contribution in [0.5, 0.6) is 17.2 Å². The fourth-order valence-electron chi connectivity index (χ4n) is 5.27. The van der Waals surface area contributed by atoms with E-state index < -0.39 is 30.0 Å². The van der Waals surface area contributed by atoms with Gasteiger partial charge in [-0.25, -0.2) is 4.79 Å². The highest BCUT2D eigenvalue weighted by Gasteiger charge is 2.30. The number of amides is 2. The number of aryl methyl sites for hydroxylation is 1. The van der Waals surface area contributed by atoms with Crippen LogP contribution in [0.1, 0.15) is 57.7 Å². The minimum Gasteiger partial charge on any atom is -0.493 e. The molecule has 2 aromatic carbocycles. The molecule has 3 N–H and O–H groups in total. The number of fused-ring (bicyclic) bond motifs is 3. The third-order valence-corrected chi connectivity index (χ3v) is 7.18. The van der Waals surface area contributed by atoms with Crippen LogP contribution in [0.4, 0.5) is 5.69 Å². The second kappa shape index (κ2) is 14.1. The zero-order valence-electron chi connectivity index (χ0n) is 25.5. The topological polar surface area (TPSA) is 141 Å². The summed E-state index contributed by atoms with van der Waals surface area (Å²) in [5.41, 5.74) is 2.74. The molecular formula is C31H41N3O8. The normalized spacial score (nSPS) is 15.2. The first-order chi connectivity index (χ1) is 19.9. The van der Waals surface area contributed by atoms with Crippen LogP contribution < -0.4 is 35.6 Å². The molecule has 11 nitrogen and oxygen atoms in total. The van der Waals surface area contributed by atoms with Crippen molar-refractivity contribution in [3.63, 3.8) is 0 Å². The predicted octanol–water partition coefficient (Wildman–Crippen LogP) is 3.37. The number of anilines is 1. The monoisotopic (exact) mass is 583 g/mol. The van der Waals surface area contributed by atoms with E-state index in [1.807, 2.05) is 19.9 Å². The number of benzene rings is 1. The molecule has 11 heteroatoms. The summed E-state index contributed by atoms with van der Waals surface area (Å²) >= 11 is 0. The third kappa shape index (κ3) is 7.13. The first-order valence-corrected chi connectivity index (χ1v) is 13.9. The molecule has 3 rings (SSSR count). The van der Waals surface area contributed by atoms with Gasteiger partial charge in [-0.2, -0.15) is 0 Å². The van der Waals surface area contributed by atoms with Crippen LogP contribution in [0.2, 0.25) is 0 Å². The standard InChI is InChI=1S/C31H41N3O8/c1-16(2)13-24(30(37)32-17(3)31(38)42-8)34-23-12-10-20-21(15-25(23)36)22(33-18(4)35)11-9-19-14-26(39-5)28(40-6)29(41-7)27(19)20/h10,12,14-17,22,24H,9,11,13H2,1-8H3,(H,32,37)(H,33,35)(H,34,36)/t17-,22-,24-/m1/s1. The molecule has 1 aliphatic rings. The lowest BCUT2D eigenvalue weighted by Gasteiger charge is -2.22. The lowest BCUT2D eigenvalue weighted by Crippen LogP contribution is -2.47. The van der Waals surface area contributed by atoms with Gasteiger partial charge >= 0.3 is 5.97 Å². The van der Waals surface area contributed by atoms with E-state index in [4.69, 9.17) is 18.9 Å². The second-order valence-corrected chi connectivity index (χ2v) is 10.7. The summed E-state index contributed by atoms with van der Waals surface area (Å²) in [4.78, 5) is 51.0. The number of carbonyl (C=O) groups is 3. The summed E-state index contributed by atoms with van der Waals surface area (Å²) < 4.78 is 21.8. The summed E-state index contributed by atoms with van der Waals surface area (Å²) in [5, 5.41) is 8.75.